The number of rotatable bonds is 2. The molecule has 4 rings (SSSR count). The summed E-state index contributed by atoms with van der Waals surface area (Å²) in [6.07, 6.45) is -3.11. The fraction of sp³-hybridized carbons (Fsp3) is 0.238. The molecule has 0 radical (unpaired) electrons. The number of carbonyl (C=O) groups is 1. The fourth-order valence-corrected chi connectivity index (χ4v) is 3.52. The normalized spacial score (nSPS) is 14.9. The van der Waals surface area contributed by atoms with Crippen molar-refractivity contribution in [3.63, 3.8) is 0 Å². The maximum Gasteiger partial charge on any atom is 0.419 e. The third-order valence-corrected chi connectivity index (χ3v) is 4.99. The Bertz CT molecular complexity index is 1020. The number of piperazine rings is 1. The molecule has 0 spiro atoms. The average molecular weight is 400 g/mol. The maximum atomic E-state index is 13.2. The van der Waals surface area contributed by atoms with E-state index in [-0.39, 0.29) is 24.9 Å². The van der Waals surface area contributed by atoms with Gasteiger partial charge in [-0.3, -0.25) is 0 Å². The number of halogens is 3. The molecule has 2 aromatic carbocycles. The molecule has 0 unspecified atom stereocenters. The van der Waals surface area contributed by atoms with Gasteiger partial charge in [0.25, 0.3) is 0 Å². The van der Waals surface area contributed by atoms with Crippen molar-refractivity contribution in [3.8, 4) is 0 Å². The molecule has 150 valence electrons. The second-order valence-corrected chi connectivity index (χ2v) is 6.80. The smallest absolute Gasteiger partial charge is 0.353 e. The SMILES string of the molecule is O=C(Nc1cccc2ccccc12)N1CCN(c2ncccc2C(F)(F)F)CC1. The van der Waals surface area contributed by atoms with Crippen molar-refractivity contribution < 1.29 is 18.0 Å². The standard InChI is InChI=1S/C21H19F3N4O/c22-21(23,24)17-8-4-10-25-19(17)27-11-13-28(14-12-27)20(29)26-18-9-3-6-15-5-1-2-7-16(15)18/h1-10H,11-14H2,(H,26,29). The lowest BCUT2D eigenvalue weighted by molar-refractivity contribution is -0.137. The zero-order chi connectivity index (χ0) is 20.4. The van der Waals surface area contributed by atoms with Gasteiger partial charge < -0.3 is 15.1 Å². The number of nitrogens with zero attached hydrogens (tertiary/aromatic N) is 3. The molecule has 1 aliphatic rings. The van der Waals surface area contributed by atoms with Gasteiger partial charge in [0.05, 0.1) is 11.3 Å². The Balaban J connectivity index is 1.44. The summed E-state index contributed by atoms with van der Waals surface area (Å²) in [5.41, 5.74) is -0.0479. The predicted octanol–water partition coefficient (Wildman–Crippen LogP) is 4.61. The lowest BCUT2D eigenvalue weighted by Gasteiger charge is -2.36. The quantitative estimate of drug-likeness (QED) is 0.684. The average Bonchev–Trinajstić information content (AvgIpc) is 2.73. The van der Waals surface area contributed by atoms with Gasteiger partial charge in [-0.15, -0.1) is 0 Å². The molecule has 0 aliphatic carbocycles. The summed E-state index contributed by atoms with van der Waals surface area (Å²) in [5.74, 6) is -0.0888. The summed E-state index contributed by atoms with van der Waals surface area (Å²) in [4.78, 5) is 19.8. The highest BCUT2D eigenvalue weighted by Crippen LogP contribution is 2.35. The number of amides is 2. The summed E-state index contributed by atoms with van der Waals surface area (Å²) < 4.78 is 39.7. The first-order chi connectivity index (χ1) is 13.9. The number of pyridine rings is 1. The van der Waals surface area contributed by atoms with Crippen LogP contribution in [0.15, 0.2) is 60.8 Å². The minimum absolute atomic E-state index is 0.0888. The van der Waals surface area contributed by atoms with Gasteiger partial charge in [-0.05, 0) is 23.6 Å². The minimum atomic E-state index is -4.47. The third kappa shape index (κ3) is 3.96. The van der Waals surface area contributed by atoms with Crippen LogP contribution in [-0.2, 0) is 6.18 Å². The van der Waals surface area contributed by atoms with Crippen LogP contribution < -0.4 is 10.2 Å². The number of benzene rings is 2. The molecule has 2 heterocycles. The van der Waals surface area contributed by atoms with Crippen LogP contribution in [0.3, 0.4) is 0 Å². The number of nitrogens with one attached hydrogen (secondary N) is 1. The number of carbonyl (C=O) groups excluding carboxylic acids is 1. The first-order valence-corrected chi connectivity index (χ1v) is 9.24. The molecular weight excluding hydrogens is 381 g/mol. The van der Waals surface area contributed by atoms with Crippen molar-refractivity contribution in [2.45, 2.75) is 6.18 Å². The van der Waals surface area contributed by atoms with Crippen molar-refractivity contribution in [1.82, 2.24) is 9.88 Å². The molecule has 5 nitrogen and oxygen atoms in total. The number of fused-ring (bicyclic) bond motifs is 1. The lowest BCUT2D eigenvalue weighted by Crippen LogP contribution is -2.50. The van der Waals surface area contributed by atoms with Crippen LogP contribution in [0.2, 0.25) is 0 Å². The Morgan fingerprint density at radius 3 is 2.41 bits per heavy atom. The van der Waals surface area contributed by atoms with Crippen LogP contribution in [0.25, 0.3) is 10.8 Å². The monoisotopic (exact) mass is 400 g/mol. The van der Waals surface area contributed by atoms with Crippen LogP contribution in [0.5, 0.6) is 0 Å². The Hall–Kier alpha value is -3.29. The van der Waals surface area contributed by atoms with Gasteiger partial charge >= 0.3 is 12.2 Å². The highest BCUT2D eigenvalue weighted by Gasteiger charge is 2.36. The second-order valence-electron chi connectivity index (χ2n) is 6.80. The van der Waals surface area contributed by atoms with Crippen molar-refractivity contribution in [2.75, 3.05) is 36.4 Å². The molecule has 0 saturated carbocycles. The van der Waals surface area contributed by atoms with Crippen LogP contribution >= 0.6 is 0 Å². The molecular formula is C21H19F3N4O. The van der Waals surface area contributed by atoms with Gasteiger partial charge in [0.1, 0.15) is 5.82 Å². The number of hydrogen-bond acceptors (Lipinski definition) is 3. The van der Waals surface area contributed by atoms with E-state index >= 15 is 0 Å². The summed E-state index contributed by atoms with van der Waals surface area (Å²) >= 11 is 0. The molecule has 1 fully saturated rings. The summed E-state index contributed by atoms with van der Waals surface area (Å²) in [5, 5.41) is 4.87. The molecule has 0 bridgehead atoms. The van der Waals surface area contributed by atoms with E-state index in [1.165, 1.54) is 12.3 Å². The van der Waals surface area contributed by atoms with Crippen LogP contribution in [0.1, 0.15) is 5.56 Å². The Morgan fingerprint density at radius 2 is 1.66 bits per heavy atom. The number of hydrogen-bond donors (Lipinski definition) is 1. The van der Waals surface area contributed by atoms with Gasteiger partial charge in [-0.2, -0.15) is 13.2 Å². The summed E-state index contributed by atoms with van der Waals surface area (Å²) in [6, 6.07) is 15.4. The number of urea groups is 1. The molecule has 0 atom stereocenters. The third-order valence-electron chi connectivity index (χ3n) is 4.99. The number of aromatic nitrogens is 1. The first-order valence-electron chi connectivity index (χ1n) is 9.24. The van der Waals surface area contributed by atoms with E-state index in [2.05, 4.69) is 10.3 Å². The summed E-state index contributed by atoms with van der Waals surface area (Å²) in [6.45, 7) is 1.18. The van der Waals surface area contributed by atoms with Crippen molar-refractivity contribution in [3.05, 3.63) is 66.4 Å². The Labute approximate surface area is 165 Å². The Kier molecular flexibility index (Phi) is 5.00. The lowest BCUT2D eigenvalue weighted by atomic mass is 10.1. The first kappa shape index (κ1) is 19.0. The molecule has 29 heavy (non-hydrogen) atoms. The predicted molar refractivity (Wildman–Crippen MR) is 106 cm³/mol. The van der Waals surface area contributed by atoms with Crippen molar-refractivity contribution in [1.29, 1.82) is 0 Å². The van der Waals surface area contributed by atoms with Gasteiger partial charge in [0.2, 0.25) is 0 Å². The van der Waals surface area contributed by atoms with Crippen molar-refractivity contribution in [2.24, 2.45) is 0 Å². The summed E-state index contributed by atoms with van der Waals surface area (Å²) in [7, 11) is 0. The molecule has 3 aromatic rings. The highest BCUT2D eigenvalue weighted by molar-refractivity contribution is 6.01. The van der Waals surface area contributed by atoms with E-state index in [0.29, 0.717) is 18.8 Å². The number of anilines is 2. The van der Waals surface area contributed by atoms with Gasteiger partial charge in [-0.25, -0.2) is 9.78 Å². The molecule has 1 aliphatic heterocycles. The zero-order valence-electron chi connectivity index (χ0n) is 15.5. The topological polar surface area (TPSA) is 48.5 Å². The largest absolute Gasteiger partial charge is 0.419 e. The Morgan fingerprint density at radius 1 is 0.931 bits per heavy atom. The van der Waals surface area contributed by atoms with Gasteiger partial charge in [0.15, 0.2) is 0 Å². The van der Waals surface area contributed by atoms with Crippen molar-refractivity contribution >= 4 is 28.3 Å². The fourth-order valence-electron chi connectivity index (χ4n) is 3.52. The zero-order valence-corrected chi connectivity index (χ0v) is 15.5. The molecule has 1 aromatic heterocycles. The highest BCUT2D eigenvalue weighted by atomic mass is 19.4. The van der Waals surface area contributed by atoms with E-state index in [4.69, 9.17) is 0 Å². The van der Waals surface area contributed by atoms with Gasteiger partial charge in [0, 0.05) is 37.8 Å². The van der Waals surface area contributed by atoms with E-state index in [1.807, 2.05) is 42.5 Å². The van der Waals surface area contributed by atoms with E-state index in [0.717, 1.165) is 16.8 Å². The van der Waals surface area contributed by atoms with Crippen LogP contribution in [0, 0.1) is 0 Å². The molecule has 1 saturated heterocycles. The second kappa shape index (κ2) is 7.62. The van der Waals surface area contributed by atoms with E-state index in [1.54, 1.807) is 9.80 Å². The maximum absolute atomic E-state index is 13.2. The molecule has 8 heteroatoms. The minimum Gasteiger partial charge on any atom is -0.353 e. The van der Waals surface area contributed by atoms with Crippen LogP contribution in [-0.4, -0.2) is 42.1 Å². The number of alkyl halides is 3. The van der Waals surface area contributed by atoms with E-state index < -0.39 is 11.7 Å². The molecule has 2 amide bonds. The molecule has 1 N–H and O–H groups in total. The van der Waals surface area contributed by atoms with Gasteiger partial charge in [-0.1, -0.05) is 36.4 Å². The van der Waals surface area contributed by atoms with E-state index in [9.17, 15) is 18.0 Å². The van der Waals surface area contributed by atoms with Crippen LogP contribution in [0.4, 0.5) is 29.5 Å².